The third-order valence-corrected chi connectivity index (χ3v) is 5.39. The van der Waals surface area contributed by atoms with E-state index < -0.39 is 0 Å². The van der Waals surface area contributed by atoms with Crippen molar-refractivity contribution in [2.45, 2.75) is 32.1 Å². The molecule has 2 aromatic heterocycles. The van der Waals surface area contributed by atoms with Gasteiger partial charge in [-0.25, -0.2) is 14.4 Å². The van der Waals surface area contributed by atoms with Crippen LogP contribution in [0.1, 0.15) is 35.8 Å². The molecule has 1 amide bonds. The molecule has 1 aliphatic heterocycles. The van der Waals surface area contributed by atoms with Gasteiger partial charge in [-0.3, -0.25) is 9.78 Å². The number of aryl methyl sites for hydroxylation is 1. The number of carbonyl (C=O) groups is 1. The Morgan fingerprint density at radius 1 is 1.21 bits per heavy atom. The van der Waals surface area contributed by atoms with Gasteiger partial charge in [-0.2, -0.15) is 0 Å². The summed E-state index contributed by atoms with van der Waals surface area (Å²) in [6.45, 7) is 3.16. The van der Waals surface area contributed by atoms with Crippen molar-refractivity contribution in [2.75, 3.05) is 13.1 Å². The predicted octanol–water partition coefficient (Wildman–Crippen LogP) is 3.93. The summed E-state index contributed by atoms with van der Waals surface area (Å²) in [5.41, 5.74) is 3.40. The number of hydrogen-bond acceptors (Lipinski definition) is 4. The molecule has 1 fully saturated rings. The van der Waals surface area contributed by atoms with Crippen molar-refractivity contribution in [3.63, 3.8) is 0 Å². The summed E-state index contributed by atoms with van der Waals surface area (Å²) >= 11 is 0. The van der Waals surface area contributed by atoms with E-state index in [2.05, 4.69) is 9.97 Å². The number of rotatable bonds is 4. The number of pyridine rings is 1. The van der Waals surface area contributed by atoms with Crippen LogP contribution in [0.2, 0.25) is 0 Å². The number of aromatic nitrogens is 3. The van der Waals surface area contributed by atoms with E-state index in [0.29, 0.717) is 24.5 Å². The molecule has 0 saturated carbocycles. The fourth-order valence-electron chi connectivity index (χ4n) is 3.90. The van der Waals surface area contributed by atoms with Crippen LogP contribution in [0.4, 0.5) is 4.39 Å². The van der Waals surface area contributed by atoms with Crippen LogP contribution in [0.5, 0.6) is 0 Å². The molecular weight excluding hydrogens is 367 g/mol. The zero-order chi connectivity index (χ0) is 20.2. The topological polar surface area (TPSA) is 59.0 Å². The van der Waals surface area contributed by atoms with Gasteiger partial charge in [0.15, 0.2) is 0 Å². The van der Waals surface area contributed by atoms with Gasteiger partial charge in [0.1, 0.15) is 11.6 Å². The van der Waals surface area contributed by atoms with E-state index in [1.165, 1.54) is 6.07 Å². The fraction of sp³-hybridized carbons (Fsp3) is 0.304. The van der Waals surface area contributed by atoms with E-state index in [1.54, 1.807) is 30.6 Å². The van der Waals surface area contributed by atoms with Crippen molar-refractivity contribution in [3.8, 4) is 11.1 Å². The van der Waals surface area contributed by atoms with Gasteiger partial charge in [0, 0.05) is 43.2 Å². The molecule has 1 aromatic carbocycles. The van der Waals surface area contributed by atoms with Gasteiger partial charge in [-0.1, -0.05) is 18.2 Å². The zero-order valence-electron chi connectivity index (χ0n) is 16.4. The third kappa shape index (κ3) is 4.31. The van der Waals surface area contributed by atoms with Crippen LogP contribution in [-0.2, 0) is 11.2 Å². The number of benzene rings is 1. The van der Waals surface area contributed by atoms with Gasteiger partial charge in [0.05, 0.1) is 12.1 Å². The maximum atomic E-state index is 14.0. The smallest absolute Gasteiger partial charge is 0.227 e. The lowest BCUT2D eigenvalue weighted by Crippen LogP contribution is -2.40. The van der Waals surface area contributed by atoms with Crippen LogP contribution in [0, 0.1) is 12.7 Å². The maximum Gasteiger partial charge on any atom is 0.227 e. The molecule has 3 aromatic rings. The molecule has 0 aliphatic carbocycles. The van der Waals surface area contributed by atoms with Crippen LogP contribution in [0.3, 0.4) is 0 Å². The Labute approximate surface area is 169 Å². The SMILES string of the molecule is Cc1ncc(-c2ccncc2)c([C@H]2CCCN(C(=O)Cc3ccccc3F)C2)n1. The summed E-state index contributed by atoms with van der Waals surface area (Å²) in [4.78, 5) is 27.9. The van der Waals surface area contributed by atoms with Crippen LogP contribution in [-0.4, -0.2) is 38.8 Å². The lowest BCUT2D eigenvalue weighted by molar-refractivity contribution is -0.131. The second-order valence-electron chi connectivity index (χ2n) is 7.40. The summed E-state index contributed by atoms with van der Waals surface area (Å²) in [6.07, 6.45) is 7.30. The van der Waals surface area contributed by atoms with E-state index in [9.17, 15) is 9.18 Å². The van der Waals surface area contributed by atoms with Crippen molar-refractivity contribution in [1.29, 1.82) is 0 Å². The second-order valence-corrected chi connectivity index (χ2v) is 7.40. The number of likely N-dealkylation sites (tertiary alicyclic amines) is 1. The van der Waals surface area contributed by atoms with Gasteiger partial charge < -0.3 is 4.90 Å². The van der Waals surface area contributed by atoms with Crippen molar-refractivity contribution in [3.05, 3.63) is 77.9 Å². The highest BCUT2D eigenvalue weighted by molar-refractivity contribution is 5.79. The Bertz CT molecular complexity index is 1010. The average Bonchev–Trinajstić information content (AvgIpc) is 2.76. The van der Waals surface area contributed by atoms with Gasteiger partial charge in [-0.05, 0) is 49.1 Å². The molecule has 1 aliphatic rings. The van der Waals surface area contributed by atoms with Crippen molar-refractivity contribution in [2.24, 2.45) is 0 Å². The van der Waals surface area contributed by atoms with Crippen molar-refractivity contribution < 1.29 is 9.18 Å². The molecule has 5 nitrogen and oxygen atoms in total. The minimum atomic E-state index is -0.333. The minimum Gasteiger partial charge on any atom is -0.342 e. The number of nitrogens with zero attached hydrogens (tertiary/aromatic N) is 4. The quantitative estimate of drug-likeness (QED) is 0.677. The average molecular weight is 390 g/mol. The highest BCUT2D eigenvalue weighted by Crippen LogP contribution is 2.33. The first-order valence-electron chi connectivity index (χ1n) is 9.87. The number of amides is 1. The van der Waals surface area contributed by atoms with Crippen LogP contribution < -0.4 is 0 Å². The fourth-order valence-corrected chi connectivity index (χ4v) is 3.90. The molecule has 0 N–H and O–H groups in total. The van der Waals surface area contributed by atoms with E-state index in [4.69, 9.17) is 4.98 Å². The molecule has 0 unspecified atom stereocenters. The lowest BCUT2D eigenvalue weighted by Gasteiger charge is -2.33. The highest BCUT2D eigenvalue weighted by atomic mass is 19.1. The number of halogens is 1. The first-order chi connectivity index (χ1) is 14.1. The highest BCUT2D eigenvalue weighted by Gasteiger charge is 2.28. The molecule has 6 heteroatoms. The van der Waals surface area contributed by atoms with E-state index in [1.807, 2.05) is 30.2 Å². The van der Waals surface area contributed by atoms with E-state index in [-0.39, 0.29) is 24.1 Å². The number of hydrogen-bond donors (Lipinski definition) is 0. The largest absolute Gasteiger partial charge is 0.342 e. The molecule has 0 radical (unpaired) electrons. The Hall–Kier alpha value is -3.15. The van der Waals surface area contributed by atoms with Crippen LogP contribution >= 0.6 is 0 Å². The van der Waals surface area contributed by atoms with Gasteiger partial charge in [0.25, 0.3) is 0 Å². The standard InChI is InChI=1S/C23H23FN4O/c1-16-26-14-20(17-8-10-25-11-9-17)23(27-16)19-6-4-12-28(15-19)22(29)13-18-5-2-3-7-21(18)24/h2-3,5,7-11,14,19H,4,6,12-13,15H2,1H3/t19-/m0/s1. The van der Waals surface area contributed by atoms with Gasteiger partial charge in [0.2, 0.25) is 5.91 Å². The van der Waals surface area contributed by atoms with E-state index >= 15 is 0 Å². The molecular formula is C23H23FN4O. The lowest BCUT2D eigenvalue weighted by atomic mass is 9.90. The van der Waals surface area contributed by atoms with Crippen molar-refractivity contribution in [1.82, 2.24) is 19.9 Å². The Balaban J connectivity index is 1.57. The molecule has 1 atom stereocenters. The summed E-state index contributed by atoms with van der Waals surface area (Å²) < 4.78 is 14.0. The third-order valence-electron chi connectivity index (χ3n) is 5.39. The van der Waals surface area contributed by atoms with Gasteiger partial charge >= 0.3 is 0 Å². The first-order valence-corrected chi connectivity index (χ1v) is 9.87. The molecule has 4 rings (SSSR count). The normalized spacial score (nSPS) is 16.6. The second kappa shape index (κ2) is 8.47. The number of piperidine rings is 1. The Morgan fingerprint density at radius 3 is 2.79 bits per heavy atom. The Morgan fingerprint density at radius 2 is 2.00 bits per heavy atom. The monoisotopic (exact) mass is 390 g/mol. The molecule has 3 heterocycles. The molecule has 0 spiro atoms. The zero-order valence-corrected chi connectivity index (χ0v) is 16.4. The minimum absolute atomic E-state index is 0.0453. The van der Waals surface area contributed by atoms with Crippen LogP contribution in [0.25, 0.3) is 11.1 Å². The predicted molar refractivity (Wildman–Crippen MR) is 109 cm³/mol. The van der Waals surface area contributed by atoms with Crippen molar-refractivity contribution >= 4 is 5.91 Å². The molecule has 0 bridgehead atoms. The summed E-state index contributed by atoms with van der Waals surface area (Å²) in [5, 5.41) is 0. The summed E-state index contributed by atoms with van der Waals surface area (Å²) in [7, 11) is 0. The van der Waals surface area contributed by atoms with E-state index in [0.717, 1.165) is 29.7 Å². The maximum absolute atomic E-state index is 14.0. The Kier molecular flexibility index (Phi) is 5.60. The molecule has 1 saturated heterocycles. The van der Waals surface area contributed by atoms with Gasteiger partial charge in [-0.15, -0.1) is 0 Å². The molecule has 148 valence electrons. The van der Waals surface area contributed by atoms with Crippen LogP contribution in [0.15, 0.2) is 55.0 Å². The first kappa shape index (κ1) is 19.2. The number of carbonyl (C=O) groups excluding carboxylic acids is 1. The summed E-state index contributed by atoms with van der Waals surface area (Å²) in [6, 6.07) is 10.4. The molecule has 29 heavy (non-hydrogen) atoms. The summed E-state index contributed by atoms with van der Waals surface area (Å²) in [5.74, 6) is 0.461.